The van der Waals surface area contributed by atoms with Gasteiger partial charge in [-0.05, 0) is 36.8 Å². The second-order valence-electron chi connectivity index (χ2n) is 6.86. The van der Waals surface area contributed by atoms with E-state index in [-0.39, 0.29) is 0 Å². The molecule has 0 radical (unpaired) electrons. The maximum Gasteiger partial charge on any atom is 0.243 e. The molecule has 2 aromatic carbocycles. The second-order valence-corrected chi connectivity index (χ2v) is 8.80. The molecule has 7 heteroatoms. The van der Waals surface area contributed by atoms with Crippen molar-refractivity contribution in [2.75, 3.05) is 38.2 Å². The minimum Gasteiger partial charge on any atom is -0.494 e. The molecule has 0 aliphatic carbocycles. The van der Waals surface area contributed by atoms with Crippen LogP contribution in [0.2, 0.25) is 0 Å². The summed E-state index contributed by atoms with van der Waals surface area (Å²) in [6.45, 7) is 4.12. The highest BCUT2D eigenvalue weighted by atomic mass is 32.2. The van der Waals surface area contributed by atoms with Crippen LogP contribution in [-0.4, -0.2) is 51.0 Å². The molecule has 0 spiro atoms. The van der Waals surface area contributed by atoms with Gasteiger partial charge in [0.25, 0.3) is 0 Å². The number of piperazine rings is 1. The molecule has 4 rings (SSSR count). The van der Waals surface area contributed by atoms with E-state index in [9.17, 15) is 8.42 Å². The predicted octanol–water partition coefficient (Wildman–Crippen LogP) is 3.06. The van der Waals surface area contributed by atoms with Gasteiger partial charge in [-0.25, -0.2) is 13.4 Å². The topological polar surface area (TPSA) is 62.7 Å². The zero-order chi connectivity index (χ0) is 19.7. The molecule has 28 heavy (non-hydrogen) atoms. The summed E-state index contributed by atoms with van der Waals surface area (Å²) in [7, 11) is -1.81. The second kappa shape index (κ2) is 7.41. The van der Waals surface area contributed by atoms with E-state index in [1.807, 2.05) is 24.3 Å². The van der Waals surface area contributed by atoms with Crippen molar-refractivity contribution in [2.45, 2.75) is 11.8 Å². The maximum atomic E-state index is 12.8. The fraction of sp³-hybridized carbons (Fsp3) is 0.286. The number of methoxy groups -OCH3 is 1. The molecule has 0 saturated carbocycles. The smallest absolute Gasteiger partial charge is 0.243 e. The van der Waals surface area contributed by atoms with Crippen LogP contribution in [0.4, 0.5) is 5.82 Å². The number of hydrogen-bond acceptors (Lipinski definition) is 5. The SMILES string of the molecule is COc1cccc2c(C)cc(N3CCN(S(=O)(=O)c4ccccc4)CC3)nc12. The summed E-state index contributed by atoms with van der Waals surface area (Å²) in [6, 6.07) is 16.6. The molecule has 1 aliphatic rings. The van der Waals surface area contributed by atoms with Crippen molar-refractivity contribution >= 4 is 26.7 Å². The molecule has 146 valence electrons. The van der Waals surface area contributed by atoms with E-state index in [1.54, 1.807) is 35.7 Å². The molecule has 0 N–H and O–H groups in total. The monoisotopic (exact) mass is 397 g/mol. The average Bonchev–Trinajstić information content (AvgIpc) is 2.74. The van der Waals surface area contributed by atoms with E-state index in [4.69, 9.17) is 9.72 Å². The highest BCUT2D eigenvalue weighted by molar-refractivity contribution is 7.89. The molecule has 0 unspecified atom stereocenters. The lowest BCUT2D eigenvalue weighted by Crippen LogP contribution is -2.48. The molecule has 1 aromatic heterocycles. The first kappa shape index (κ1) is 18.7. The molecule has 6 nitrogen and oxygen atoms in total. The highest BCUT2D eigenvalue weighted by Gasteiger charge is 2.29. The van der Waals surface area contributed by atoms with Crippen LogP contribution in [0, 0.1) is 6.92 Å². The van der Waals surface area contributed by atoms with Crippen LogP contribution < -0.4 is 9.64 Å². The Labute approximate surface area is 165 Å². The number of rotatable bonds is 4. The summed E-state index contributed by atoms with van der Waals surface area (Å²) in [5.74, 6) is 1.60. The number of para-hydroxylation sites is 1. The quantitative estimate of drug-likeness (QED) is 0.677. The lowest BCUT2D eigenvalue weighted by molar-refractivity contribution is 0.384. The van der Waals surface area contributed by atoms with Gasteiger partial charge in [-0.3, -0.25) is 0 Å². The van der Waals surface area contributed by atoms with Gasteiger partial charge in [0.05, 0.1) is 12.0 Å². The molecule has 1 fully saturated rings. The first-order valence-corrected chi connectivity index (χ1v) is 10.7. The molecular weight excluding hydrogens is 374 g/mol. The Bertz CT molecular complexity index is 1090. The van der Waals surface area contributed by atoms with Crippen LogP contribution >= 0.6 is 0 Å². The van der Waals surface area contributed by atoms with Gasteiger partial charge in [-0.2, -0.15) is 4.31 Å². The van der Waals surface area contributed by atoms with Crippen molar-refractivity contribution in [3.63, 3.8) is 0 Å². The zero-order valence-corrected chi connectivity index (χ0v) is 16.8. The number of pyridine rings is 1. The van der Waals surface area contributed by atoms with Gasteiger partial charge in [-0.1, -0.05) is 30.3 Å². The van der Waals surface area contributed by atoms with Crippen LogP contribution in [-0.2, 0) is 10.0 Å². The fourth-order valence-corrected chi connectivity index (χ4v) is 5.04. The number of ether oxygens (including phenoxy) is 1. The lowest BCUT2D eigenvalue weighted by Gasteiger charge is -2.35. The number of sulfonamides is 1. The van der Waals surface area contributed by atoms with Gasteiger partial charge in [0, 0.05) is 31.6 Å². The Kier molecular flexibility index (Phi) is 4.95. The fourth-order valence-electron chi connectivity index (χ4n) is 3.60. The van der Waals surface area contributed by atoms with Crippen LogP contribution in [0.1, 0.15) is 5.56 Å². The van der Waals surface area contributed by atoms with Crippen molar-refractivity contribution in [2.24, 2.45) is 0 Å². The molecule has 0 amide bonds. The van der Waals surface area contributed by atoms with Crippen LogP contribution in [0.5, 0.6) is 5.75 Å². The summed E-state index contributed by atoms with van der Waals surface area (Å²) >= 11 is 0. The summed E-state index contributed by atoms with van der Waals surface area (Å²) in [5, 5.41) is 1.06. The third-order valence-corrected chi connectivity index (χ3v) is 7.07. The van der Waals surface area contributed by atoms with Gasteiger partial charge in [-0.15, -0.1) is 0 Å². The van der Waals surface area contributed by atoms with Gasteiger partial charge >= 0.3 is 0 Å². The highest BCUT2D eigenvalue weighted by Crippen LogP contribution is 2.30. The van der Waals surface area contributed by atoms with E-state index in [2.05, 4.69) is 17.9 Å². The van der Waals surface area contributed by atoms with Gasteiger partial charge in [0.15, 0.2) is 0 Å². The summed E-state index contributed by atoms with van der Waals surface area (Å²) in [6.07, 6.45) is 0. The third kappa shape index (κ3) is 3.31. The van der Waals surface area contributed by atoms with E-state index >= 15 is 0 Å². The third-order valence-electron chi connectivity index (χ3n) is 5.16. The van der Waals surface area contributed by atoms with E-state index < -0.39 is 10.0 Å². The van der Waals surface area contributed by atoms with Crippen molar-refractivity contribution in [1.82, 2.24) is 9.29 Å². The summed E-state index contributed by atoms with van der Waals surface area (Å²) < 4.78 is 32.7. The molecule has 0 atom stereocenters. The normalized spacial score (nSPS) is 15.7. The van der Waals surface area contributed by atoms with E-state index in [0.717, 1.165) is 28.0 Å². The standard InChI is InChI=1S/C21H23N3O3S/c1-16-15-20(22-21-18(16)9-6-10-19(21)27-2)23-11-13-24(14-12-23)28(25,26)17-7-4-3-5-8-17/h3-10,15H,11-14H2,1-2H3. The minimum absolute atomic E-state index is 0.341. The number of aromatic nitrogens is 1. The van der Waals surface area contributed by atoms with Crippen LogP contribution in [0.25, 0.3) is 10.9 Å². The summed E-state index contributed by atoms with van der Waals surface area (Å²) in [4.78, 5) is 7.28. The zero-order valence-electron chi connectivity index (χ0n) is 16.0. The molecule has 0 bridgehead atoms. The average molecular weight is 398 g/mol. The van der Waals surface area contributed by atoms with Gasteiger partial charge < -0.3 is 9.64 Å². The van der Waals surface area contributed by atoms with E-state index in [0.29, 0.717) is 31.1 Å². The Hall–Kier alpha value is -2.64. The Morgan fingerprint density at radius 3 is 2.36 bits per heavy atom. The predicted molar refractivity (Wildman–Crippen MR) is 110 cm³/mol. The number of aryl methyl sites for hydroxylation is 1. The molecule has 2 heterocycles. The van der Waals surface area contributed by atoms with Crippen LogP contribution in [0.3, 0.4) is 0 Å². The van der Waals surface area contributed by atoms with Crippen LogP contribution in [0.15, 0.2) is 59.5 Å². The lowest BCUT2D eigenvalue weighted by atomic mass is 10.1. The van der Waals surface area contributed by atoms with Crippen molar-refractivity contribution < 1.29 is 13.2 Å². The Morgan fingerprint density at radius 1 is 0.964 bits per heavy atom. The maximum absolute atomic E-state index is 12.8. The van der Waals surface area contributed by atoms with Crippen molar-refractivity contribution in [3.05, 3.63) is 60.2 Å². The first-order chi connectivity index (χ1) is 13.5. The molecule has 1 aliphatic heterocycles. The molecule has 1 saturated heterocycles. The largest absolute Gasteiger partial charge is 0.494 e. The van der Waals surface area contributed by atoms with Crippen molar-refractivity contribution in [3.8, 4) is 5.75 Å². The van der Waals surface area contributed by atoms with Gasteiger partial charge in [0.2, 0.25) is 10.0 Å². The number of hydrogen-bond donors (Lipinski definition) is 0. The number of anilines is 1. The molecule has 3 aromatic rings. The first-order valence-electron chi connectivity index (χ1n) is 9.25. The Morgan fingerprint density at radius 2 is 1.68 bits per heavy atom. The molecular formula is C21H23N3O3S. The number of fused-ring (bicyclic) bond motifs is 1. The van der Waals surface area contributed by atoms with Crippen molar-refractivity contribution in [1.29, 1.82) is 0 Å². The number of nitrogens with zero attached hydrogens (tertiary/aromatic N) is 3. The van der Waals surface area contributed by atoms with E-state index in [1.165, 1.54) is 0 Å². The summed E-state index contributed by atoms with van der Waals surface area (Å²) in [5.41, 5.74) is 1.96. The Balaban J connectivity index is 1.57. The van der Waals surface area contributed by atoms with Gasteiger partial charge in [0.1, 0.15) is 17.1 Å². The minimum atomic E-state index is -3.45. The number of benzene rings is 2.